The SMILES string of the molecule is CCc1ccc(C(=O)Nc2ccc(C)cc2C#CCO)s1. The van der Waals surface area contributed by atoms with Crippen LogP contribution in [-0.4, -0.2) is 17.6 Å². The minimum absolute atomic E-state index is 0.129. The van der Waals surface area contributed by atoms with Gasteiger partial charge in [0.2, 0.25) is 0 Å². The molecular weight excluding hydrogens is 282 g/mol. The highest BCUT2D eigenvalue weighted by Gasteiger charge is 2.11. The van der Waals surface area contributed by atoms with Crippen LogP contribution in [0.15, 0.2) is 30.3 Å². The maximum absolute atomic E-state index is 12.3. The Balaban J connectivity index is 2.24. The molecule has 21 heavy (non-hydrogen) atoms. The van der Waals surface area contributed by atoms with Crippen LogP contribution in [0, 0.1) is 18.8 Å². The van der Waals surface area contributed by atoms with Crippen molar-refractivity contribution in [2.45, 2.75) is 20.3 Å². The molecule has 1 amide bonds. The van der Waals surface area contributed by atoms with E-state index in [-0.39, 0.29) is 12.5 Å². The summed E-state index contributed by atoms with van der Waals surface area (Å²) in [6, 6.07) is 9.46. The fourth-order valence-electron chi connectivity index (χ4n) is 1.88. The summed E-state index contributed by atoms with van der Waals surface area (Å²) in [6.45, 7) is 3.82. The Kier molecular flexibility index (Phi) is 5.15. The first-order valence-corrected chi connectivity index (χ1v) is 7.56. The van der Waals surface area contributed by atoms with Crippen molar-refractivity contribution < 1.29 is 9.90 Å². The summed E-state index contributed by atoms with van der Waals surface area (Å²) in [7, 11) is 0. The van der Waals surface area contributed by atoms with Crippen LogP contribution in [0.1, 0.15) is 32.6 Å². The Labute approximate surface area is 128 Å². The van der Waals surface area contributed by atoms with Crippen LogP contribution in [0.5, 0.6) is 0 Å². The third-order valence-electron chi connectivity index (χ3n) is 2.96. The van der Waals surface area contributed by atoms with Crippen LogP contribution in [0.3, 0.4) is 0 Å². The molecule has 0 radical (unpaired) electrons. The lowest BCUT2D eigenvalue weighted by molar-refractivity contribution is 0.103. The highest BCUT2D eigenvalue weighted by atomic mass is 32.1. The standard InChI is InChI=1S/C17H17NO2S/c1-3-14-7-9-16(21-14)17(20)18-15-8-6-12(2)11-13(15)5-4-10-19/h6-9,11,19H,3,10H2,1-2H3,(H,18,20). The van der Waals surface area contributed by atoms with Crippen molar-refractivity contribution in [1.82, 2.24) is 0 Å². The predicted molar refractivity (Wildman–Crippen MR) is 86.8 cm³/mol. The third-order valence-corrected chi connectivity index (χ3v) is 4.19. The zero-order chi connectivity index (χ0) is 15.2. The van der Waals surface area contributed by atoms with Crippen LogP contribution >= 0.6 is 11.3 Å². The van der Waals surface area contributed by atoms with Crippen molar-refractivity contribution >= 4 is 22.9 Å². The molecule has 0 unspecified atom stereocenters. The molecule has 0 aliphatic carbocycles. The molecule has 0 aliphatic heterocycles. The number of rotatable bonds is 3. The molecule has 0 saturated heterocycles. The smallest absolute Gasteiger partial charge is 0.265 e. The number of aliphatic hydroxyl groups is 1. The first-order chi connectivity index (χ1) is 10.1. The van der Waals surface area contributed by atoms with Crippen molar-refractivity contribution in [3.8, 4) is 11.8 Å². The van der Waals surface area contributed by atoms with E-state index in [1.54, 1.807) is 0 Å². The molecular formula is C17H17NO2S. The molecule has 108 valence electrons. The number of hydrogen-bond acceptors (Lipinski definition) is 3. The lowest BCUT2D eigenvalue weighted by Crippen LogP contribution is -2.11. The monoisotopic (exact) mass is 299 g/mol. The summed E-state index contributed by atoms with van der Waals surface area (Å²) < 4.78 is 0. The summed E-state index contributed by atoms with van der Waals surface area (Å²) in [5.41, 5.74) is 2.43. The Hall–Kier alpha value is -2.09. The average Bonchev–Trinajstić information content (AvgIpc) is 2.96. The molecule has 2 N–H and O–H groups in total. The van der Waals surface area contributed by atoms with E-state index in [1.165, 1.54) is 16.2 Å². The molecule has 1 aromatic carbocycles. The normalized spacial score (nSPS) is 9.86. The van der Waals surface area contributed by atoms with Crippen molar-refractivity contribution in [3.05, 3.63) is 51.2 Å². The zero-order valence-corrected chi connectivity index (χ0v) is 12.9. The summed E-state index contributed by atoms with van der Waals surface area (Å²) >= 11 is 1.50. The Morgan fingerprint density at radius 2 is 2.14 bits per heavy atom. The maximum atomic E-state index is 12.3. The van der Waals surface area contributed by atoms with E-state index >= 15 is 0 Å². The molecule has 2 aromatic rings. The molecule has 3 nitrogen and oxygen atoms in total. The molecule has 1 heterocycles. The van der Waals surface area contributed by atoms with Crippen LogP contribution in [0.2, 0.25) is 0 Å². The molecule has 0 aliphatic rings. The highest BCUT2D eigenvalue weighted by molar-refractivity contribution is 7.14. The Morgan fingerprint density at radius 1 is 1.33 bits per heavy atom. The second-order valence-electron chi connectivity index (χ2n) is 4.58. The highest BCUT2D eigenvalue weighted by Crippen LogP contribution is 2.21. The van der Waals surface area contributed by atoms with E-state index in [1.807, 2.05) is 37.3 Å². The van der Waals surface area contributed by atoms with Gasteiger partial charge in [-0.3, -0.25) is 4.79 Å². The number of carbonyl (C=O) groups excluding carboxylic acids is 1. The summed E-state index contributed by atoms with van der Waals surface area (Å²) in [6.07, 6.45) is 0.926. The third kappa shape index (κ3) is 3.94. The van der Waals surface area contributed by atoms with E-state index < -0.39 is 0 Å². The number of benzene rings is 1. The second-order valence-corrected chi connectivity index (χ2v) is 5.75. The second kappa shape index (κ2) is 7.07. The van der Waals surface area contributed by atoms with Crippen molar-refractivity contribution in [2.75, 3.05) is 11.9 Å². The zero-order valence-electron chi connectivity index (χ0n) is 12.1. The molecule has 0 fully saturated rings. The van der Waals surface area contributed by atoms with Gasteiger partial charge in [-0.25, -0.2) is 0 Å². The Bertz CT molecular complexity index is 707. The van der Waals surface area contributed by atoms with E-state index in [2.05, 4.69) is 24.1 Å². The van der Waals surface area contributed by atoms with Crippen molar-refractivity contribution in [3.63, 3.8) is 0 Å². The molecule has 0 atom stereocenters. The minimum atomic E-state index is -0.202. The Morgan fingerprint density at radius 3 is 2.81 bits per heavy atom. The molecule has 0 saturated carbocycles. The predicted octanol–water partition coefficient (Wildman–Crippen LogP) is 3.22. The number of amides is 1. The number of aliphatic hydroxyl groups excluding tert-OH is 1. The number of nitrogens with one attached hydrogen (secondary N) is 1. The van der Waals surface area contributed by atoms with Gasteiger partial charge in [-0.05, 0) is 43.2 Å². The number of aryl methyl sites for hydroxylation is 2. The van der Waals surface area contributed by atoms with Gasteiger partial charge in [0.15, 0.2) is 0 Å². The first kappa shape index (κ1) is 15.3. The van der Waals surface area contributed by atoms with E-state index in [0.717, 1.165) is 12.0 Å². The van der Waals surface area contributed by atoms with E-state index in [4.69, 9.17) is 5.11 Å². The lowest BCUT2D eigenvalue weighted by Gasteiger charge is -2.07. The van der Waals surface area contributed by atoms with Gasteiger partial charge in [-0.15, -0.1) is 11.3 Å². The molecule has 0 bridgehead atoms. The number of anilines is 1. The fraction of sp³-hybridized carbons (Fsp3) is 0.235. The summed E-state index contributed by atoms with van der Waals surface area (Å²) in [5.74, 6) is 5.35. The van der Waals surface area contributed by atoms with E-state index in [0.29, 0.717) is 16.1 Å². The quantitative estimate of drug-likeness (QED) is 0.855. The molecule has 4 heteroatoms. The number of thiophene rings is 1. The van der Waals surface area contributed by atoms with Gasteiger partial charge >= 0.3 is 0 Å². The van der Waals surface area contributed by atoms with Crippen LogP contribution < -0.4 is 5.32 Å². The number of hydrogen-bond donors (Lipinski definition) is 2. The summed E-state index contributed by atoms with van der Waals surface area (Å²) in [4.78, 5) is 14.1. The largest absolute Gasteiger partial charge is 0.384 e. The first-order valence-electron chi connectivity index (χ1n) is 6.74. The number of carbonyl (C=O) groups is 1. The van der Waals surface area contributed by atoms with Crippen molar-refractivity contribution in [2.24, 2.45) is 0 Å². The molecule has 2 rings (SSSR count). The van der Waals surface area contributed by atoms with Gasteiger partial charge in [-0.1, -0.05) is 24.8 Å². The van der Waals surface area contributed by atoms with Crippen LogP contribution in [0.4, 0.5) is 5.69 Å². The van der Waals surface area contributed by atoms with Gasteiger partial charge in [0.05, 0.1) is 10.6 Å². The minimum Gasteiger partial charge on any atom is -0.384 e. The summed E-state index contributed by atoms with van der Waals surface area (Å²) in [5, 5.41) is 11.7. The lowest BCUT2D eigenvalue weighted by atomic mass is 10.1. The average molecular weight is 299 g/mol. The van der Waals surface area contributed by atoms with E-state index in [9.17, 15) is 4.79 Å². The fourth-order valence-corrected chi connectivity index (χ4v) is 2.72. The van der Waals surface area contributed by atoms with Gasteiger partial charge < -0.3 is 10.4 Å². The van der Waals surface area contributed by atoms with Crippen molar-refractivity contribution in [1.29, 1.82) is 0 Å². The topological polar surface area (TPSA) is 49.3 Å². The maximum Gasteiger partial charge on any atom is 0.265 e. The van der Waals surface area contributed by atoms with Crippen LogP contribution in [0.25, 0.3) is 0 Å². The van der Waals surface area contributed by atoms with Crippen LogP contribution in [-0.2, 0) is 6.42 Å². The molecule has 0 spiro atoms. The molecule has 1 aromatic heterocycles. The van der Waals surface area contributed by atoms with Gasteiger partial charge in [0.25, 0.3) is 5.91 Å². The van der Waals surface area contributed by atoms with Gasteiger partial charge in [-0.2, -0.15) is 0 Å². The van der Waals surface area contributed by atoms with Gasteiger partial charge in [0.1, 0.15) is 6.61 Å². The van der Waals surface area contributed by atoms with Gasteiger partial charge in [0, 0.05) is 10.4 Å².